The molecule has 29 heavy (non-hydrogen) atoms. The van der Waals surface area contributed by atoms with E-state index in [-0.39, 0.29) is 31.2 Å². The lowest BCUT2D eigenvalue weighted by Crippen LogP contribution is -2.27. The zero-order valence-electron chi connectivity index (χ0n) is 15.1. The maximum absolute atomic E-state index is 13.0. The predicted molar refractivity (Wildman–Crippen MR) is 118 cm³/mol. The molecule has 0 saturated heterocycles. The smallest absolute Gasteiger partial charge is 0.264 e. The largest absolute Gasteiger partial charge is 0.321 e. The van der Waals surface area contributed by atoms with Crippen LogP contribution in [0.2, 0.25) is 15.1 Å². The number of hydrogen-bond donors (Lipinski definition) is 1. The van der Waals surface area contributed by atoms with Crippen molar-refractivity contribution in [3.05, 3.63) is 87.4 Å². The second-order valence-corrected chi connectivity index (χ2v) is 9.17. The number of halogens is 3. The lowest BCUT2D eigenvalue weighted by Gasteiger charge is -2.20. The maximum atomic E-state index is 13.0. The quantitative estimate of drug-likeness (QED) is 0.519. The van der Waals surface area contributed by atoms with Gasteiger partial charge in [-0.2, -0.15) is 0 Å². The molecule has 3 aromatic carbocycles. The van der Waals surface area contributed by atoms with Gasteiger partial charge in [0.05, 0.1) is 36.9 Å². The third-order valence-electron chi connectivity index (χ3n) is 4.16. The van der Waals surface area contributed by atoms with Gasteiger partial charge in [0.15, 0.2) is 0 Å². The number of nitrogens with zero attached hydrogens (tertiary/aromatic N) is 1. The molecule has 0 aliphatic heterocycles. The Hall–Kier alpha value is -2.25. The van der Waals surface area contributed by atoms with Crippen LogP contribution in [0.1, 0.15) is 10.4 Å². The summed E-state index contributed by atoms with van der Waals surface area (Å²) >= 11 is 18.2. The molecule has 0 unspecified atom stereocenters. The van der Waals surface area contributed by atoms with E-state index in [0.29, 0.717) is 5.69 Å². The Labute approximate surface area is 183 Å². The highest BCUT2D eigenvalue weighted by molar-refractivity contribution is 7.92. The summed E-state index contributed by atoms with van der Waals surface area (Å²) in [5, 5.41) is 3.15. The molecule has 1 N–H and O–H groups in total. The van der Waals surface area contributed by atoms with E-state index in [1.165, 1.54) is 25.2 Å². The number of para-hydroxylation sites is 1. The van der Waals surface area contributed by atoms with Gasteiger partial charge in [-0.1, -0.05) is 59.1 Å². The number of carbonyl (C=O) groups excluding carboxylic acids is 1. The van der Waals surface area contributed by atoms with E-state index in [1.807, 2.05) is 0 Å². The van der Waals surface area contributed by atoms with E-state index in [2.05, 4.69) is 5.32 Å². The van der Waals surface area contributed by atoms with Crippen molar-refractivity contribution < 1.29 is 13.2 Å². The summed E-state index contributed by atoms with van der Waals surface area (Å²) in [5.41, 5.74) is 0.763. The molecule has 0 fully saturated rings. The first kappa shape index (κ1) is 21.5. The van der Waals surface area contributed by atoms with Gasteiger partial charge in [0.25, 0.3) is 15.9 Å². The van der Waals surface area contributed by atoms with Crippen molar-refractivity contribution in [3.63, 3.8) is 0 Å². The van der Waals surface area contributed by atoms with Crippen LogP contribution >= 0.6 is 34.8 Å². The molecule has 0 aromatic heterocycles. The first-order chi connectivity index (χ1) is 13.7. The SMILES string of the molecule is CN(c1ccccc1)S(=O)(=O)c1ccc(Cl)c(C(=O)Nc2cccc(Cl)c2Cl)c1. The predicted octanol–water partition coefficient (Wildman–Crippen LogP) is 5.72. The van der Waals surface area contributed by atoms with Crippen LogP contribution in [0.5, 0.6) is 0 Å². The number of amides is 1. The van der Waals surface area contributed by atoms with Gasteiger partial charge in [0.2, 0.25) is 0 Å². The van der Waals surface area contributed by atoms with Crippen molar-refractivity contribution in [3.8, 4) is 0 Å². The van der Waals surface area contributed by atoms with Crippen LogP contribution in [0.15, 0.2) is 71.6 Å². The molecule has 3 rings (SSSR count). The molecule has 0 heterocycles. The summed E-state index contributed by atoms with van der Waals surface area (Å²) in [6.45, 7) is 0. The molecule has 0 saturated carbocycles. The molecule has 0 bridgehead atoms. The van der Waals surface area contributed by atoms with Crippen LogP contribution in [0.25, 0.3) is 0 Å². The summed E-state index contributed by atoms with van der Waals surface area (Å²) in [6, 6.07) is 17.3. The third-order valence-corrected chi connectivity index (χ3v) is 7.09. The van der Waals surface area contributed by atoms with Crippen molar-refractivity contribution in [2.24, 2.45) is 0 Å². The standard InChI is InChI=1S/C20H15Cl3N2O3S/c1-25(13-6-3-2-4-7-13)29(27,28)14-10-11-16(21)15(12-14)20(26)24-18-9-5-8-17(22)19(18)23/h2-12H,1H3,(H,24,26). The van der Waals surface area contributed by atoms with Gasteiger partial charge in [-0.15, -0.1) is 0 Å². The van der Waals surface area contributed by atoms with Crippen LogP contribution in [-0.2, 0) is 10.0 Å². The topological polar surface area (TPSA) is 66.5 Å². The van der Waals surface area contributed by atoms with E-state index < -0.39 is 15.9 Å². The molecule has 3 aromatic rings. The lowest BCUT2D eigenvalue weighted by molar-refractivity contribution is 0.102. The zero-order valence-corrected chi connectivity index (χ0v) is 18.1. The summed E-state index contributed by atoms with van der Waals surface area (Å²) in [5.74, 6) is -0.612. The molecule has 5 nitrogen and oxygen atoms in total. The molecule has 9 heteroatoms. The minimum Gasteiger partial charge on any atom is -0.321 e. The Morgan fingerprint density at radius 3 is 2.28 bits per heavy atom. The van der Waals surface area contributed by atoms with E-state index in [4.69, 9.17) is 34.8 Å². The summed E-state index contributed by atoms with van der Waals surface area (Å²) < 4.78 is 27.1. The van der Waals surface area contributed by atoms with Gasteiger partial charge < -0.3 is 5.32 Å². The maximum Gasteiger partial charge on any atom is 0.264 e. The molecule has 0 aliphatic rings. The Morgan fingerprint density at radius 1 is 0.897 bits per heavy atom. The Kier molecular flexibility index (Phi) is 6.39. The number of nitrogens with one attached hydrogen (secondary N) is 1. The summed E-state index contributed by atoms with van der Waals surface area (Å²) in [4.78, 5) is 12.6. The molecular weight excluding hydrogens is 455 g/mol. The van der Waals surface area contributed by atoms with Gasteiger partial charge in [-0.05, 0) is 42.5 Å². The first-order valence-corrected chi connectivity index (χ1v) is 10.9. The number of hydrogen-bond acceptors (Lipinski definition) is 3. The second-order valence-electron chi connectivity index (χ2n) is 6.01. The molecule has 150 valence electrons. The van der Waals surface area contributed by atoms with Crippen molar-refractivity contribution in [1.29, 1.82) is 0 Å². The van der Waals surface area contributed by atoms with Crippen LogP contribution < -0.4 is 9.62 Å². The summed E-state index contributed by atoms with van der Waals surface area (Å²) in [7, 11) is -2.47. The molecule has 0 aliphatic carbocycles. The fraction of sp³-hybridized carbons (Fsp3) is 0.0500. The fourth-order valence-electron chi connectivity index (χ4n) is 2.56. The van der Waals surface area contributed by atoms with Gasteiger partial charge in [-0.25, -0.2) is 8.42 Å². The number of benzene rings is 3. The highest BCUT2D eigenvalue weighted by Gasteiger charge is 2.24. The molecule has 0 radical (unpaired) electrons. The number of rotatable bonds is 5. The zero-order chi connectivity index (χ0) is 21.2. The molecule has 0 atom stereocenters. The van der Waals surface area contributed by atoms with E-state index in [9.17, 15) is 13.2 Å². The average Bonchev–Trinajstić information content (AvgIpc) is 2.71. The average molecular weight is 470 g/mol. The molecule has 1 amide bonds. The van der Waals surface area contributed by atoms with Crippen LogP contribution in [0, 0.1) is 0 Å². The van der Waals surface area contributed by atoms with Gasteiger partial charge in [-0.3, -0.25) is 9.10 Å². The molecular formula is C20H15Cl3N2O3S. The van der Waals surface area contributed by atoms with Gasteiger partial charge >= 0.3 is 0 Å². The van der Waals surface area contributed by atoms with Crippen LogP contribution in [-0.4, -0.2) is 21.4 Å². The highest BCUT2D eigenvalue weighted by Crippen LogP contribution is 2.31. The van der Waals surface area contributed by atoms with Crippen molar-refractivity contribution >= 4 is 62.1 Å². The van der Waals surface area contributed by atoms with Crippen LogP contribution in [0.4, 0.5) is 11.4 Å². The Balaban J connectivity index is 1.95. The second kappa shape index (κ2) is 8.63. The number of anilines is 2. The summed E-state index contributed by atoms with van der Waals surface area (Å²) in [6.07, 6.45) is 0. The normalized spacial score (nSPS) is 11.2. The minimum atomic E-state index is -3.91. The van der Waals surface area contributed by atoms with Crippen LogP contribution in [0.3, 0.4) is 0 Å². The van der Waals surface area contributed by atoms with Gasteiger partial charge in [0.1, 0.15) is 0 Å². The minimum absolute atomic E-state index is 0.00903. The third kappa shape index (κ3) is 4.51. The molecule has 0 spiro atoms. The van der Waals surface area contributed by atoms with Gasteiger partial charge in [0, 0.05) is 7.05 Å². The first-order valence-electron chi connectivity index (χ1n) is 8.30. The van der Waals surface area contributed by atoms with E-state index >= 15 is 0 Å². The number of carbonyl (C=O) groups is 1. The fourth-order valence-corrected chi connectivity index (χ4v) is 4.34. The highest BCUT2D eigenvalue weighted by atomic mass is 35.5. The number of sulfonamides is 1. The van der Waals surface area contributed by atoms with Crippen molar-refractivity contribution in [2.45, 2.75) is 4.90 Å². The van der Waals surface area contributed by atoms with E-state index in [1.54, 1.807) is 48.5 Å². The monoisotopic (exact) mass is 468 g/mol. The van der Waals surface area contributed by atoms with Crippen molar-refractivity contribution in [2.75, 3.05) is 16.7 Å². The van der Waals surface area contributed by atoms with E-state index in [0.717, 1.165) is 4.31 Å². The Bertz CT molecular complexity index is 1170. The lowest BCUT2D eigenvalue weighted by atomic mass is 10.2. The van der Waals surface area contributed by atoms with Crippen molar-refractivity contribution in [1.82, 2.24) is 0 Å². The Morgan fingerprint density at radius 2 is 1.59 bits per heavy atom.